The molecule has 136 valence electrons. The zero-order valence-electron chi connectivity index (χ0n) is 14.1. The predicted molar refractivity (Wildman–Crippen MR) is 108 cm³/mol. The van der Waals surface area contributed by atoms with Crippen molar-refractivity contribution in [1.82, 2.24) is 10.3 Å². The number of nitrogens with zero attached hydrogens (tertiary/aromatic N) is 2. The van der Waals surface area contributed by atoms with Crippen LogP contribution in [0.3, 0.4) is 0 Å². The van der Waals surface area contributed by atoms with E-state index in [0.29, 0.717) is 29.5 Å². The van der Waals surface area contributed by atoms with Gasteiger partial charge in [-0.05, 0) is 30.3 Å². The average molecular weight is 399 g/mol. The van der Waals surface area contributed by atoms with Gasteiger partial charge < -0.3 is 10.6 Å². The Kier molecular flexibility index (Phi) is 4.79. The van der Waals surface area contributed by atoms with Crippen molar-refractivity contribution in [3.63, 3.8) is 0 Å². The fourth-order valence-corrected chi connectivity index (χ4v) is 3.78. The van der Waals surface area contributed by atoms with Crippen molar-refractivity contribution in [2.75, 3.05) is 23.3 Å². The normalized spacial score (nSPS) is 13.5. The smallest absolute Gasteiger partial charge is 0.321 e. The van der Waals surface area contributed by atoms with Crippen LogP contribution in [-0.2, 0) is 0 Å². The van der Waals surface area contributed by atoms with Gasteiger partial charge in [0.05, 0.1) is 0 Å². The van der Waals surface area contributed by atoms with Gasteiger partial charge >= 0.3 is 6.03 Å². The molecule has 0 saturated carbocycles. The molecule has 2 N–H and O–H groups in total. The lowest BCUT2D eigenvalue weighted by Crippen LogP contribution is -2.27. The third-order valence-electron chi connectivity index (χ3n) is 4.08. The van der Waals surface area contributed by atoms with Gasteiger partial charge in [-0.2, -0.15) is 0 Å². The van der Waals surface area contributed by atoms with Crippen molar-refractivity contribution in [3.05, 3.63) is 64.6 Å². The minimum atomic E-state index is -0.303. The second kappa shape index (κ2) is 7.38. The molecule has 6 nitrogen and oxygen atoms in total. The topological polar surface area (TPSA) is 74.3 Å². The molecule has 2 aromatic carbocycles. The molecule has 1 aliphatic rings. The monoisotopic (exact) mass is 398 g/mol. The van der Waals surface area contributed by atoms with Crippen LogP contribution in [0, 0.1) is 0 Å². The van der Waals surface area contributed by atoms with Gasteiger partial charge in [0.1, 0.15) is 10.7 Å². The number of amides is 3. The first-order valence-electron chi connectivity index (χ1n) is 8.28. The lowest BCUT2D eigenvalue weighted by atomic mass is 10.2. The Labute approximate surface area is 164 Å². The standard InChI is InChI=1S/C19H15ClN4O2S/c20-13-4-1-3-12(9-13)18-23-16(11-27-18)17(25)22-14-5-2-6-15(10-14)24-8-7-21-19(24)26/h1-6,9-11H,7-8H2,(H,21,26)(H,22,25). The van der Waals surface area contributed by atoms with Crippen LogP contribution in [0.15, 0.2) is 53.9 Å². The fourth-order valence-electron chi connectivity index (χ4n) is 2.80. The molecule has 2 heterocycles. The van der Waals surface area contributed by atoms with Gasteiger partial charge in [-0.3, -0.25) is 9.69 Å². The molecule has 1 fully saturated rings. The maximum absolute atomic E-state index is 12.5. The Hall–Kier alpha value is -2.90. The Morgan fingerprint density at radius 1 is 1.22 bits per heavy atom. The minimum Gasteiger partial charge on any atom is -0.336 e. The molecule has 0 atom stereocenters. The molecule has 0 spiro atoms. The third-order valence-corrected chi connectivity index (χ3v) is 5.21. The Morgan fingerprint density at radius 3 is 2.85 bits per heavy atom. The van der Waals surface area contributed by atoms with Crippen molar-refractivity contribution in [1.29, 1.82) is 0 Å². The van der Waals surface area contributed by atoms with Crippen LogP contribution in [0.5, 0.6) is 0 Å². The quantitative estimate of drug-likeness (QED) is 0.690. The Bertz CT molecular complexity index is 1020. The molecule has 0 aliphatic carbocycles. The van der Waals surface area contributed by atoms with E-state index in [1.54, 1.807) is 34.5 Å². The molecule has 1 saturated heterocycles. The van der Waals surface area contributed by atoms with Gasteiger partial charge in [-0.15, -0.1) is 11.3 Å². The van der Waals surface area contributed by atoms with Gasteiger partial charge in [0.2, 0.25) is 0 Å². The molecule has 3 amide bonds. The zero-order chi connectivity index (χ0) is 18.8. The van der Waals surface area contributed by atoms with E-state index >= 15 is 0 Å². The van der Waals surface area contributed by atoms with Crippen LogP contribution in [-0.4, -0.2) is 30.0 Å². The van der Waals surface area contributed by atoms with E-state index in [9.17, 15) is 9.59 Å². The van der Waals surface area contributed by atoms with E-state index in [2.05, 4.69) is 15.6 Å². The van der Waals surface area contributed by atoms with Gasteiger partial charge in [0.25, 0.3) is 5.91 Å². The number of nitrogens with one attached hydrogen (secondary N) is 2. The third kappa shape index (κ3) is 3.79. The van der Waals surface area contributed by atoms with E-state index in [-0.39, 0.29) is 11.9 Å². The maximum Gasteiger partial charge on any atom is 0.321 e. The van der Waals surface area contributed by atoms with Gasteiger partial charge in [-0.25, -0.2) is 9.78 Å². The number of aromatic nitrogens is 1. The molecule has 1 aliphatic heterocycles. The molecular formula is C19H15ClN4O2S. The summed E-state index contributed by atoms with van der Waals surface area (Å²) in [5, 5.41) is 8.65. The number of benzene rings is 2. The number of hydrogen-bond donors (Lipinski definition) is 2. The second-order valence-electron chi connectivity index (χ2n) is 5.94. The van der Waals surface area contributed by atoms with Crippen molar-refractivity contribution < 1.29 is 9.59 Å². The summed E-state index contributed by atoms with van der Waals surface area (Å²) in [7, 11) is 0. The summed E-state index contributed by atoms with van der Waals surface area (Å²) in [5.74, 6) is -0.303. The number of thiazole rings is 1. The first kappa shape index (κ1) is 17.5. The summed E-state index contributed by atoms with van der Waals surface area (Å²) in [4.78, 5) is 30.4. The van der Waals surface area contributed by atoms with Gasteiger partial charge in [-0.1, -0.05) is 29.8 Å². The van der Waals surface area contributed by atoms with E-state index in [4.69, 9.17) is 11.6 Å². The second-order valence-corrected chi connectivity index (χ2v) is 7.23. The van der Waals surface area contributed by atoms with Crippen LogP contribution >= 0.6 is 22.9 Å². The predicted octanol–water partition coefficient (Wildman–Crippen LogP) is 4.25. The van der Waals surface area contributed by atoms with Crippen LogP contribution < -0.4 is 15.5 Å². The van der Waals surface area contributed by atoms with Crippen LogP contribution in [0.1, 0.15) is 10.5 Å². The van der Waals surface area contributed by atoms with Gasteiger partial charge in [0.15, 0.2) is 0 Å². The highest BCUT2D eigenvalue weighted by molar-refractivity contribution is 7.13. The van der Waals surface area contributed by atoms with Crippen molar-refractivity contribution >= 4 is 46.3 Å². The lowest BCUT2D eigenvalue weighted by Gasteiger charge is -2.15. The number of halogens is 1. The lowest BCUT2D eigenvalue weighted by molar-refractivity contribution is 0.102. The van der Waals surface area contributed by atoms with E-state index < -0.39 is 0 Å². The molecule has 4 rings (SSSR count). The number of hydrogen-bond acceptors (Lipinski definition) is 4. The van der Waals surface area contributed by atoms with Crippen LogP contribution in [0.4, 0.5) is 16.2 Å². The highest BCUT2D eigenvalue weighted by Gasteiger charge is 2.21. The van der Waals surface area contributed by atoms with Gasteiger partial charge in [0, 0.05) is 40.4 Å². The molecule has 27 heavy (non-hydrogen) atoms. The molecule has 0 bridgehead atoms. The van der Waals surface area contributed by atoms with E-state index in [1.807, 2.05) is 24.3 Å². The number of carbonyl (C=O) groups is 2. The highest BCUT2D eigenvalue weighted by Crippen LogP contribution is 2.27. The summed E-state index contributed by atoms with van der Waals surface area (Å²) < 4.78 is 0. The summed E-state index contributed by atoms with van der Waals surface area (Å²) in [6.45, 7) is 1.21. The zero-order valence-corrected chi connectivity index (χ0v) is 15.7. The Balaban J connectivity index is 1.51. The molecular weight excluding hydrogens is 384 g/mol. The summed E-state index contributed by atoms with van der Waals surface area (Å²) in [5.41, 5.74) is 2.54. The van der Waals surface area contributed by atoms with E-state index in [0.717, 1.165) is 16.3 Å². The van der Waals surface area contributed by atoms with E-state index in [1.165, 1.54) is 11.3 Å². The largest absolute Gasteiger partial charge is 0.336 e. The molecule has 1 aromatic heterocycles. The van der Waals surface area contributed by atoms with Crippen molar-refractivity contribution in [2.24, 2.45) is 0 Å². The minimum absolute atomic E-state index is 0.135. The first-order valence-corrected chi connectivity index (χ1v) is 9.54. The molecule has 3 aromatic rings. The molecule has 0 unspecified atom stereocenters. The fraction of sp³-hybridized carbons (Fsp3) is 0.105. The summed E-state index contributed by atoms with van der Waals surface area (Å²) in [6, 6.07) is 14.4. The number of rotatable bonds is 4. The number of carbonyl (C=O) groups excluding carboxylic acids is 2. The first-order chi connectivity index (χ1) is 13.1. The van der Waals surface area contributed by atoms with Crippen molar-refractivity contribution in [3.8, 4) is 10.6 Å². The highest BCUT2D eigenvalue weighted by atomic mass is 35.5. The summed E-state index contributed by atoms with van der Waals surface area (Å²) >= 11 is 7.40. The molecule has 8 heteroatoms. The average Bonchev–Trinajstić information content (AvgIpc) is 3.31. The number of anilines is 2. The summed E-state index contributed by atoms with van der Waals surface area (Å²) in [6.07, 6.45) is 0. The maximum atomic E-state index is 12.5. The SMILES string of the molecule is O=C(Nc1cccc(N2CCNC2=O)c1)c1csc(-c2cccc(Cl)c2)n1. The Morgan fingerprint density at radius 2 is 2.07 bits per heavy atom. The molecule has 0 radical (unpaired) electrons. The van der Waals surface area contributed by atoms with Crippen molar-refractivity contribution in [2.45, 2.75) is 0 Å². The van der Waals surface area contributed by atoms with Crippen LogP contribution in [0.2, 0.25) is 5.02 Å². The number of urea groups is 1. The van der Waals surface area contributed by atoms with Crippen LogP contribution in [0.25, 0.3) is 10.6 Å².